The number of halogens is 1. The van der Waals surface area contributed by atoms with E-state index in [1.165, 1.54) is 6.21 Å². The zero-order chi connectivity index (χ0) is 16.9. The van der Waals surface area contributed by atoms with Gasteiger partial charge in [-0.15, -0.1) is 0 Å². The smallest absolute Gasteiger partial charge is 0.273 e. The second-order valence-corrected chi connectivity index (χ2v) is 5.94. The van der Waals surface area contributed by atoms with Gasteiger partial charge in [-0.3, -0.25) is 9.59 Å². The van der Waals surface area contributed by atoms with Crippen molar-refractivity contribution in [2.24, 2.45) is 11.0 Å². The van der Waals surface area contributed by atoms with Crippen LogP contribution in [0.25, 0.3) is 0 Å². The van der Waals surface area contributed by atoms with Crippen LogP contribution in [0.15, 0.2) is 53.6 Å². The number of amides is 2. The molecule has 0 unspecified atom stereocenters. The molecule has 6 heteroatoms. The molecule has 1 saturated carbocycles. The Labute approximate surface area is 144 Å². The van der Waals surface area contributed by atoms with Crippen LogP contribution in [0.2, 0.25) is 5.02 Å². The van der Waals surface area contributed by atoms with Gasteiger partial charge in [-0.2, -0.15) is 5.10 Å². The maximum absolute atomic E-state index is 12.3. The average Bonchev–Trinajstić information content (AvgIpc) is 3.42. The van der Waals surface area contributed by atoms with Gasteiger partial charge >= 0.3 is 0 Å². The van der Waals surface area contributed by atoms with E-state index in [4.69, 9.17) is 11.6 Å². The van der Waals surface area contributed by atoms with Crippen LogP contribution in [0.5, 0.6) is 0 Å². The van der Waals surface area contributed by atoms with Gasteiger partial charge in [-0.05, 0) is 31.0 Å². The number of hydrogen-bond donors (Lipinski definition) is 2. The predicted octanol–water partition coefficient (Wildman–Crippen LogP) is 3.45. The van der Waals surface area contributed by atoms with E-state index in [1.807, 2.05) is 12.1 Å². The lowest BCUT2D eigenvalue weighted by atomic mass is 10.1. The summed E-state index contributed by atoms with van der Waals surface area (Å²) in [6.07, 6.45) is 3.29. The lowest BCUT2D eigenvalue weighted by molar-refractivity contribution is -0.117. The van der Waals surface area contributed by atoms with E-state index in [0.29, 0.717) is 21.8 Å². The van der Waals surface area contributed by atoms with Crippen LogP contribution in [0.3, 0.4) is 0 Å². The summed E-state index contributed by atoms with van der Waals surface area (Å²) in [6, 6.07) is 14.0. The Hall–Kier alpha value is -2.66. The number of rotatable bonds is 5. The molecule has 1 aliphatic rings. The molecule has 0 heterocycles. The summed E-state index contributed by atoms with van der Waals surface area (Å²) in [6.45, 7) is 0. The van der Waals surface area contributed by atoms with Gasteiger partial charge in [0.05, 0.1) is 17.5 Å². The van der Waals surface area contributed by atoms with E-state index in [9.17, 15) is 9.59 Å². The number of hydrazone groups is 1. The van der Waals surface area contributed by atoms with Crippen LogP contribution in [0.1, 0.15) is 28.8 Å². The topological polar surface area (TPSA) is 70.6 Å². The van der Waals surface area contributed by atoms with E-state index in [2.05, 4.69) is 15.8 Å². The molecule has 3 rings (SSSR count). The van der Waals surface area contributed by atoms with Gasteiger partial charge in [-0.1, -0.05) is 41.9 Å². The minimum atomic E-state index is -0.398. The Balaban J connectivity index is 1.68. The van der Waals surface area contributed by atoms with Gasteiger partial charge in [0.25, 0.3) is 5.91 Å². The number of anilines is 1. The molecule has 2 amide bonds. The molecule has 24 heavy (non-hydrogen) atoms. The van der Waals surface area contributed by atoms with Gasteiger partial charge in [0.1, 0.15) is 0 Å². The van der Waals surface area contributed by atoms with Crippen LogP contribution in [-0.2, 0) is 4.79 Å². The highest BCUT2D eigenvalue weighted by atomic mass is 35.5. The minimum absolute atomic E-state index is 0.0465. The van der Waals surface area contributed by atoms with Crippen molar-refractivity contribution >= 4 is 35.3 Å². The number of benzene rings is 2. The maximum atomic E-state index is 12.3. The molecule has 1 fully saturated rings. The summed E-state index contributed by atoms with van der Waals surface area (Å²) < 4.78 is 0. The monoisotopic (exact) mass is 341 g/mol. The largest absolute Gasteiger partial charge is 0.325 e. The summed E-state index contributed by atoms with van der Waals surface area (Å²) in [5, 5.41) is 7.27. The maximum Gasteiger partial charge on any atom is 0.273 e. The number of hydrogen-bond acceptors (Lipinski definition) is 3. The van der Waals surface area contributed by atoms with Gasteiger partial charge in [0.15, 0.2) is 0 Å². The fourth-order valence-corrected chi connectivity index (χ4v) is 2.36. The molecule has 0 aliphatic heterocycles. The molecule has 5 nitrogen and oxygen atoms in total. The third kappa shape index (κ3) is 4.00. The normalized spacial score (nSPS) is 13.7. The first-order valence-electron chi connectivity index (χ1n) is 7.63. The quantitative estimate of drug-likeness (QED) is 0.646. The molecule has 0 radical (unpaired) electrons. The average molecular weight is 342 g/mol. The van der Waals surface area contributed by atoms with E-state index in [-0.39, 0.29) is 11.8 Å². The van der Waals surface area contributed by atoms with Crippen molar-refractivity contribution in [1.29, 1.82) is 0 Å². The van der Waals surface area contributed by atoms with Crippen molar-refractivity contribution in [3.8, 4) is 0 Å². The molecular weight excluding hydrogens is 326 g/mol. The summed E-state index contributed by atoms with van der Waals surface area (Å²) in [5.74, 6) is -0.376. The van der Waals surface area contributed by atoms with Crippen molar-refractivity contribution in [2.45, 2.75) is 12.8 Å². The summed E-state index contributed by atoms with van der Waals surface area (Å²) in [7, 11) is 0. The first-order valence-corrected chi connectivity index (χ1v) is 8.01. The lowest BCUT2D eigenvalue weighted by Crippen LogP contribution is -2.21. The first-order chi connectivity index (χ1) is 11.6. The van der Waals surface area contributed by atoms with Gasteiger partial charge in [0.2, 0.25) is 5.91 Å². The minimum Gasteiger partial charge on any atom is -0.325 e. The molecule has 122 valence electrons. The molecule has 0 spiro atoms. The second kappa shape index (κ2) is 7.27. The van der Waals surface area contributed by atoms with Gasteiger partial charge in [0, 0.05) is 16.5 Å². The number of nitrogens with zero attached hydrogens (tertiary/aromatic N) is 1. The molecule has 2 N–H and O–H groups in total. The highest BCUT2D eigenvalue weighted by Crippen LogP contribution is 2.30. The molecule has 0 saturated heterocycles. The molecule has 2 aromatic rings. The fourth-order valence-electron chi connectivity index (χ4n) is 2.17. The standard InChI is InChI=1S/C18H16ClN3O2/c19-15-7-3-1-5-13(15)11-20-22-18(24)14-6-2-4-8-16(14)21-17(23)12-9-10-12/h1-8,11-12H,9-10H2,(H,21,23)(H,22,24)/b20-11+. The zero-order valence-electron chi connectivity index (χ0n) is 12.8. The predicted molar refractivity (Wildman–Crippen MR) is 94.3 cm³/mol. The van der Waals surface area contributed by atoms with Crippen molar-refractivity contribution in [3.05, 3.63) is 64.7 Å². The van der Waals surface area contributed by atoms with E-state index < -0.39 is 5.91 Å². The first kappa shape index (κ1) is 16.2. The molecule has 1 aliphatic carbocycles. The fraction of sp³-hybridized carbons (Fsp3) is 0.167. The van der Waals surface area contributed by atoms with Crippen molar-refractivity contribution in [1.82, 2.24) is 5.43 Å². The van der Waals surface area contributed by atoms with Crippen LogP contribution < -0.4 is 10.7 Å². The number of carbonyl (C=O) groups is 2. The number of carbonyl (C=O) groups excluding carboxylic acids is 2. The zero-order valence-corrected chi connectivity index (χ0v) is 13.6. The Bertz CT molecular complexity index is 800. The van der Waals surface area contributed by atoms with Gasteiger partial charge < -0.3 is 5.32 Å². The van der Waals surface area contributed by atoms with Crippen molar-refractivity contribution < 1.29 is 9.59 Å². The molecule has 2 aromatic carbocycles. The SMILES string of the molecule is O=C(N/N=C/c1ccccc1Cl)c1ccccc1NC(=O)C1CC1. The van der Waals surface area contributed by atoms with Gasteiger partial charge in [-0.25, -0.2) is 5.43 Å². The van der Waals surface area contributed by atoms with Crippen LogP contribution in [0, 0.1) is 5.92 Å². The lowest BCUT2D eigenvalue weighted by Gasteiger charge is -2.09. The van der Waals surface area contributed by atoms with Crippen molar-refractivity contribution in [2.75, 3.05) is 5.32 Å². The van der Waals surface area contributed by atoms with Crippen LogP contribution in [-0.4, -0.2) is 18.0 Å². The number of nitrogens with one attached hydrogen (secondary N) is 2. The number of para-hydroxylation sites is 1. The van der Waals surface area contributed by atoms with Crippen molar-refractivity contribution in [3.63, 3.8) is 0 Å². The Kier molecular flexibility index (Phi) is 4.91. The molecular formula is C18H16ClN3O2. The highest BCUT2D eigenvalue weighted by Gasteiger charge is 2.30. The highest BCUT2D eigenvalue weighted by molar-refractivity contribution is 6.33. The Morgan fingerprint density at radius 1 is 1.08 bits per heavy atom. The second-order valence-electron chi connectivity index (χ2n) is 5.53. The third-order valence-corrected chi connectivity index (χ3v) is 4.00. The molecule has 0 aromatic heterocycles. The summed E-state index contributed by atoms with van der Waals surface area (Å²) in [4.78, 5) is 24.2. The van der Waals surface area contributed by atoms with Crippen LogP contribution in [0.4, 0.5) is 5.69 Å². The van der Waals surface area contributed by atoms with Crippen LogP contribution >= 0.6 is 11.6 Å². The van der Waals surface area contributed by atoms with E-state index >= 15 is 0 Å². The Morgan fingerprint density at radius 2 is 1.79 bits per heavy atom. The summed E-state index contributed by atoms with van der Waals surface area (Å²) >= 11 is 6.02. The molecule has 0 bridgehead atoms. The third-order valence-electron chi connectivity index (χ3n) is 3.65. The van der Waals surface area contributed by atoms with E-state index in [0.717, 1.165) is 12.8 Å². The van der Waals surface area contributed by atoms with E-state index in [1.54, 1.807) is 36.4 Å². The Morgan fingerprint density at radius 3 is 2.54 bits per heavy atom. The summed E-state index contributed by atoms with van der Waals surface area (Å²) in [5.41, 5.74) is 4.01. The molecule has 0 atom stereocenters.